The van der Waals surface area contributed by atoms with Gasteiger partial charge in [-0.2, -0.15) is 0 Å². The zero-order valence-electron chi connectivity index (χ0n) is 16.8. The van der Waals surface area contributed by atoms with Gasteiger partial charge in [0.1, 0.15) is 5.76 Å². The first-order valence-electron chi connectivity index (χ1n) is 10.6. The SMILES string of the molecule is C=CC(c1c(C2CC2)oc(=O)c2ccccc12)C(c1ccccc1)c1ccccc1. The Kier molecular flexibility index (Phi) is 4.84. The van der Waals surface area contributed by atoms with Crippen LogP contribution in [-0.2, 0) is 0 Å². The predicted molar refractivity (Wildman–Crippen MR) is 122 cm³/mol. The summed E-state index contributed by atoms with van der Waals surface area (Å²) in [6.07, 6.45) is 4.16. The second kappa shape index (κ2) is 7.79. The largest absolute Gasteiger partial charge is 0.427 e. The minimum atomic E-state index is -0.241. The van der Waals surface area contributed by atoms with Gasteiger partial charge in [-0.25, -0.2) is 4.79 Å². The van der Waals surface area contributed by atoms with Crippen LogP contribution in [0.25, 0.3) is 10.8 Å². The van der Waals surface area contributed by atoms with Crippen LogP contribution >= 0.6 is 0 Å². The summed E-state index contributed by atoms with van der Waals surface area (Å²) in [6, 6.07) is 28.9. The van der Waals surface area contributed by atoms with Gasteiger partial charge in [-0.15, -0.1) is 6.58 Å². The molecule has 0 saturated heterocycles. The van der Waals surface area contributed by atoms with Crippen LogP contribution in [0.15, 0.2) is 107 Å². The molecule has 1 aromatic heterocycles. The van der Waals surface area contributed by atoms with Gasteiger partial charge in [0.05, 0.1) is 5.39 Å². The Bertz CT molecular complexity index is 1190. The predicted octanol–water partition coefficient (Wildman–Crippen LogP) is 6.77. The van der Waals surface area contributed by atoms with Crippen molar-refractivity contribution < 1.29 is 4.42 Å². The van der Waals surface area contributed by atoms with Crippen molar-refractivity contribution in [2.75, 3.05) is 0 Å². The lowest BCUT2D eigenvalue weighted by atomic mass is 9.75. The molecule has 5 rings (SSSR count). The first-order valence-corrected chi connectivity index (χ1v) is 10.6. The molecular formula is C28H24O2. The van der Waals surface area contributed by atoms with Gasteiger partial charge in [0.2, 0.25) is 0 Å². The molecule has 148 valence electrons. The van der Waals surface area contributed by atoms with Gasteiger partial charge in [-0.05, 0) is 35.4 Å². The van der Waals surface area contributed by atoms with E-state index in [0.29, 0.717) is 11.3 Å². The third-order valence-electron chi connectivity index (χ3n) is 6.12. The van der Waals surface area contributed by atoms with Gasteiger partial charge in [-0.1, -0.05) is 84.9 Å². The van der Waals surface area contributed by atoms with Crippen molar-refractivity contribution in [3.8, 4) is 0 Å². The molecule has 1 atom stereocenters. The van der Waals surface area contributed by atoms with Crippen molar-refractivity contribution in [2.45, 2.75) is 30.6 Å². The minimum Gasteiger partial charge on any atom is -0.427 e. The lowest BCUT2D eigenvalue weighted by Gasteiger charge is -2.28. The van der Waals surface area contributed by atoms with E-state index in [1.54, 1.807) is 0 Å². The molecule has 3 aromatic carbocycles. The van der Waals surface area contributed by atoms with Crippen LogP contribution < -0.4 is 5.63 Å². The summed E-state index contributed by atoms with van der Waals surface area (Å²) in [7, 11) is 0. The summed E-state index contributed by atoms with van der Waals surface area (Å²) < 4.78 is 5.95. The summed E-state index contributed by atoms with van der Waals surface area (Å²) >= 11 is 0. The number of hydrogen-bond acceptors (Lipinski definition) is 2. The molecule has 30 heavy (non-hydrogen) atoms. The molecule has 2 nitrogen and oxygen atoms in total. The normalized spacial score (nSPS) is 14.7. The number of fused-ring (bicyclic) bond motifs is 1. The Hall–Kier alpha value is -3.39. The van der Waals surface area contributed by atoms with Crippen LogP contribution in [0.3, 0.4) is 0 Å². The molecule has 1 aliphatic carbocycles. The average Bonchev–Trinajstić information content (AvgIpc) is 3.64. The summed E-state index contributed by atoms with van der Waals surface area (Å²) in [4.78, 5) is 12.7. The number of benzene rings is 3. The molecule has 2 heteroatoms. The molecule has 0 aliphatic heterocycles. The van der Waals surface area contributed by atoms with Crippen LogP contribution in [0.5, 0.6) is 0 Å². The monoisotopic (exact) mass is 392 g/mol. The maximum atomic E-state index is 12.7. The molecule has 1 aliphatic rings. The molecule has 1 heterocycles. The first kappa shape index (κ1) is 18.6. The van der Waals surface area contributed by atoms with Crippen LogP contribution in [0, 0.1) is 0 Å². The van der Waals surface area contributed by atoms with Crippen LogP contribution in [0.4, 0.5) is 0 Å². The highest BCUT2D eigenvalue weighted by Crippen LogP contribution is 2.49. The van der Waals surface area contributed by atoms with Crippen LogP contribution in [-0.4, -0.2) is 0 Å². The number of allylic oxidation sites excluding steroid dienone is 1. The van der Waals surface area contributed by atoms with Crippen molar-refractivity contribution >= 4 is 10.8 Å². The fourth-order valence-electron chi connectivity index (χ4n) is 4.58. The van der Waals surface area contributed by atoms with E-state index in [0.717, 1.165) is 29.6 Å². The Morgan fingerprint density at radius 2 is 1.33 bits per heavy atom. The summed E-state index contributed by atoms with van der Waals surface area (Å²) in [5.41, 5.74) is 3.33. The van der Waals surface area contributed by atoms with E-state index in [1.165, 1.54) is 11.1 Å². The average molecular weight is 392 g/mol. The maximum Gasteiger partial charge on any atom is 0.343 e. The highest BCUT2D eigenvalue weighted by molar-refractivity contribution is 5.86. The van der Waals surface area contributed by atoms with E-state index in [1.807, 2.05) is 36.4 Å². The van der Waals surface area contributed by atoms with Crippen molar-refractivity contribution in [3.63, 3.8) is 0 Å². The molecule has 0 spiro atoms. The highest BCUT2D eigenvalue weighted by Gasteiger charge is 2.35. The zero-order chi connectivity index (χ0) is 20.5. The Labute approximate surface area is 176 Å². The molecule has 1 unspecified atom stereocenters. The quantitative estimate of drug-likeness (QED) is 0.339. The van der Waals surface area contributed by atoms with Gasteiger partial charge >= 0.3 is 5.63 Å². The Morgan fingerprint density at radius 1 is 0.800 bits per heavy atom. The smallest absolute Gasteiger partial charge is 0.343 e. The fourth-order valence-corrected chi connectivity index (χ4v) is 4.58. The van der Waals surface area contributed by atoms with Gasteiger partial charge in [0, 0.05) is 23.3 Å². The maximum absolute atomic E-state index is 12.7. The van der Waals surface area contributed by atoms with Gasteiger partial charge in [0.25, 0.3) is 0 Å². The number of rotatable bonds is 6. The Morgan fingerprint density at radius 3 is 1.87 bits per heavy atom. The first-order chi connectivity index (χ1) is 14.8. The summed E-state index contributed by atoms with van der Waals surface area (Å²) in [6.45, 7) is 4.24. The van der Waals surface area contributed by atoms with E-state index in [9.17, 15) is 4.79 Å². The fraction of sp³-hybridized carbons (Fsp3) is 0.179. The molecule has 4 aromatic rings. The Balaban J connectivity index is 1.80. The molecule has 1 fully saturated rings. The standard InChI is InChI=1S/C28H24O2/c1-2-22(25(19-11-5-3-6-12-19)20-13-7-4-8-14-20)26-23-15-9-10-16-24(23)28(29)30-27(26)21-17-18-21/h2-16,21-22,25H,1,17-18H2. The lowest BCUT2D eigenvalue weighted by Crippen LogP contribution is -2.16. The molecule has 0 N–H and O–H groups in total. The summed E-state index contributed by atoms with van der Waals surface area (Å²) in [5, 5.41) is 1.63. The van der Waals surface area contributed by atoms with Crippen molar-refractivity contribution in [3.05, 3.63) is 130 Å². The van der Waals surface area contributed by atoms with E-state index in [-0.39, 0.29) is 17.5 Å². The van der Waals surface area contributed by atoms with Crippen molar-refractivity contribution in [1.82, 2.24) is 0 Å². The van der Waals surface area contributed by atoms with Crippen molar-refractivity contribution in [2.24, 2.45) is 0 Å². The topological polar surface area (TPSA) is 30.2 Å². The van der Waals surface area contributed by atoms with Gasteiger partial charge in [0.15, 0.2) is 0 Å². The van der Waals surface area contributed by atoms with Crippen LogP contribution in [0.1, 0.15) is 53.0 Å². The van der Waals surface area contributed by atoms with Crippen molar-refractivity contribution in [1.29, 1.82) is 0 Å². The summed E-state index contributed by atoms with van der Waals surface area (Å²) in [5.74, 6) is 1.24. The molecule has 0 radical (unpaired) electrons. The van der Waals surface area contributed by atoms with Gasteiger partial charge < -0.3 is 4.42 Å². The van der Waals surface area contributed by atoms with E-state index < -0.39 is 0 Å². The third kappa shape index (κ3) is 3.29. The van der Waals surface area contributed by atoms with E-state index >= 15 is 0 Å². The molecule has 1 saturated carbocycles. The van der Waals surface area contributed by atoms with E-state index in [4.69, 9.17) is 4.42 Å². The van der Waals surface area contributed by atoms with Crippen LogP contribution in [0.2, 0.25) is 0 Å². The molecule has 0 bridgehead atoms. The zero-order valence-corrected chi connectivity index (χ0v) is 16.8. The minimum absolute atomic E-state index is 0.0142. The second-order valence-electron chi connectivity index (χ2n) is 8.05. The molecular weight excluding hydrogens is 368 g/mol. The highest BCUT2D eigenvalue weighted by atomic mass is 16.4. The third-order valence-corrected chi connectivity index (χ3v) is 6.12. The number of hydrogen-bond donors (Lipinski definition) is 0. The lowest BCUT2D eigenvalue weighted by molar-refractivity contribution is 0.456. The molecule has 0 amide bonds. The van der Waals surface area contributed by atoms with Gasteiger partial charge in [-0.3, -0.25) is 0 Å². The second-order valence-corrected chi connectivity index (χ2v) is 8.05. The van der Waals surface area contributed by atoms with E-state index in [2.05, 4.69) is 61.2 Å².